The van der Waals surface area contributed by atoms with Crippen LogP contribution in [0.25, 0.3) is 12.2 Å². The van der Waals surface area contributed by atoms with Crippen molar-refractivity contribution in [1.82, 2.24) is 0 Å². The van der Waals surface area contributed by atoms with Crippen molar-refractivity contribution in [2.45, 2.75) is 13.8 Å². The van der Waals surface area contributed by atoms with Gasteiger partial charge in [-0.15, -0.1) is 0 Å². The van der Waals surface area contributed by atoms with Crippen LogP contribution in [0.2, 0.25) is 0 Å². The van der Waals surface area contributed by atoms with Crippen molar-refractivity contribution in [3.05, 3.63) is 69.4 Å². The predicted octanol–water partition coefficient (Wildman–Crippen LogP) is 2.57. The summed E-state index contributed by atoms with van der Waals surface area (Å²) in [5.74, 6) is 0. The summed E-state index contributed by atoms with van der Waals surface area (Å²) in [7, 11) is 0. The Balaban J connectivity index is 2.70. The van der Waals surface area contributed by atoms with Crippen molar-refractivity contribution in [2.75, 3.05) is 0 Å². The van der Waals surface area contributed by atoms with Crippen LogP contribution in [-0.2, 0) is 0 Å². The quantitative estimate of drug-likeness (QED) is 0.624. The zero-order valence-corrected chi connectivity index (χ0v) is 9.77. The van der Waals surface area contributed by atoms with Gasteiger partial charge in [-0.25, -0.2) is 0 Å². The lowest BCUT2D eigenvalue weighted by atomic mass is 10.2. The second kappa shape index (κ2) is 4.80. The second-order valence-corrected chi connectivity index (χ2v) is 3.82. The lowest BCUT2D eigenvalue weighted by Crippen LogP contribution is -1.97. The van der Waals surface area contributed by atoms with Gasteiger partial charge in [0.2, 0.25) is 0 Å². The van der Waals surface area contributed by atoms with E-state index in [2.05, 4.69) is 74.5 Å². The summed E-state index contributed by atoms with van der Waals surface area (Å²) in [6.45, 7) is 4.11. The highest BCUT2D eigenvalue weighted by atomic mass is 13.9. The molecule has 0 saturated carbocycles. The molecular formula is C16H16. The van der Waals surface area contributed by atoms with Gasteiger partial charge in [0.1, 0.15) is 0 Å². The summed E-state index contributed by atoms with van der Waals surface area (Å²) in [5.41, 5.74) is 0. The molecule has 0 heterocycles. The fraction of sp³-hybridized carbons (Fsp3) is 0.125. The molecule has 0 heteroatoms. The Bertz CT molecular complexity index is 570. The van der Waals surface area contributed by atoms with E-state index >= 15 is 0 Å². The summed E-state index contributed by atoms with van der Waals surface area (Å²) in [6.07, 6.45) is 4.22. The largest absolute Gasteiger partial charge is 0.0804 e. The molecule has 0 bridgehead atoms. The van der Waals surface area contributed by atoms with Crippen molar-refractivity contribution >= 4 is 12.2 Å². The maximum Gasteiger partial charge on any atom is -0.0184 e. The Hall–Kier alpha value is -1.82. The molecule has 2 rings (SSSR count). The van der Waals surface area contributed by atoms with Crippen molar-refractivity contribution < 1.29 is 0 Å². The van der Waals surface area contributed by atoms with E-state index in [-0.39, 0.29) is 0 Å². The van der Waals surface area contributed by atoms with Gasteiger partial charge in [0.25, 0.3) is 0 Å². The lowest BCUT2D eigenvalue weighted by Gasteiger charge is -1.90. The van der Waals surface area contributed by atoms with Crippen molar-refractivity contribution in [3.63, 3.8) is 0 Å². The molecule has 80 valence electrons. The van der Waals surface area contributed by atoms with E-state index in [1.807, 2.05) is 0 Å². The maximum atomic E-state index is 2.17. The highest BCUT2D eigenvalue weighted by molar-refractivity contribution is 5.25. The Morgan fingerprint density at radius 3 is 1.12 bits per heavy atom. The molecule has 0 aliphatic rings. The molecule has 0 amide bonds. The molecule has 0 saturated heterocycles. The summed E-state index contributed by atoms with van der Waals surface area (Å²) < 4.78 is 0. The summed E-state index contributed by atoms with van der Waals surface area (Å²) in [6, 6.07) is 17.3. The molecule has 0 aromatic heterocycles. The van der Waals surface area contributed by atoms with Crippen LogP contribution in [0.4, 0.5) is 0 Å². The van der Waals surface area contributed by atoms with Crippen molar-refractivity contribution in [3.8, 4) is 0 Å². The van der Waals surface area contributed by atoms with Crippen molar-refractivity contribution in [1.29, 1.82) is 0 Å². The molecule has 0 aliphatic heterocycles. The fourth-order valence-electron chi connectivity index (χ4n) is 1.74. The third-order valence-corrected chi connectivity index (χ3v) is 2.82. The molecule has 0 atom stereocenters. The molecule has 0 unspecified atom stereocenters. The van der Waals surface area contributed by atoms with Crippen LogP contribution in [0.15, 0.2) is 48.5 Å². The number of rotatable bonds is 0. The minimum absolute atomic E-state index is 1.27. The van der Waals surface area contributed by atoms with Gasteiger partial charge in [-0.3, -0.25) is 0 Å². The fourth-order valence-corrected chi connectivity index (χ4v) is 1.74. The number of benzene rings is 2. The van der Waals surface area contributed by atoms with Crippen LogP contribution in [-0.4, -0.2) is 0 Å². The molecule has 0 aliphatic carbocycles. The monoisotopic (exact) mass is 208 g/mol. The summed E-state index contributed by atoms with van der Waals surface area (Å²) in [4.78, 5) is 0. The van der Waals surface area contributed by atoms with Crippen LogP contribution < -0.4 is 10.4 Å². The van der Waals surface area contributed by atoms with Crippen LogP contribution in [0.5, 0.6) is 0 Å². The average Bonchev–Trinajstić information content (AvgIpc) is 2.39. The number of hydrogen-bond donors (Lipinski definition) is 0. The Labute approximate surface area is 95.9 Å². The normalized spacial score (nSPS) is 9.88. The highest BCUT2D eigenvalue weighted by Gasteiger charge is 1.83. The van der Waals surface area contributed by atoms with Gasteiger partial charge in [0, 0.05) is 0 Å². The minimum atomic E-state index is 1.27. The van der Waals surface area contributed by atoms with Gasteiger partial charge in [-0.05, 0) is 34.7 Å². The third-order valence-electron chi connectivity index (χ3n) is 2.82. The zero-order chi connectivity index (χ0) is 11.4. The molecular weight excluding hydrogens is 192 g/mol. The van der Waals surface area contributed by atoms with Crippen LogP contribution in [0.1, 0.15) is 13.8 Å². The van der Waals surface area contributed by atoms with E-state index in [4.69, 9.17) is 0 Å². The van der Waals surface area contributed by atoms with E-state index in [1.54, 1.807) is 0 Å². The molecule has 0 N–H and O–H groups in total. The number of hydrogen-bond acceptors (Lipinski definition) is 0. The van der Waals surface area contributed by atoms with Gasteiger partial charge >= 0.3 is 0 Å². The molecule has 0 fully saturated rings. The van der Waals surface area contributed by atoms with Crippen molar-refractivity contribution in [2.24, 2.45) is 0 Å². The third kappa shape index (κ3) is 2.22. The smallest absolute Gasteiger partial charge is 0.0184 e. The van der Waals surface area contributed by atoms with Gasteiger partial charge in [0.15, 0.2) is 0 Å². The minimum Gasteiger partial charge on any atom is -0.0804 e. The Morgan fingerprint density at radius 2 is 0.875 bits per heavy atom. The first-order valence-electron chi connectivity index (χ1n) is 5.62. The average molecular weight is 208 g/mol. The second-order valence-electron chi connectivity index (χ2n) is 3.82. The maximum absolute atomic E-state index is 2.17. The molecule has 0 radical (unpaired) electrons. The first-order valence-corrected chi connectivity index (χ1v) is 5.62. The lowest BCUT2D eigenvalue weighted by molar-refractivity contribution is 1.45. The molecule has 2 aromatic rings. The SMILES string of the molecule is CC=c1ccc(=c2ccc(=CC)cc2)cc1. The zero-order valence-electron chi connectivity index (χ0n) is 9.77. The highest BCUT2D eigenvalue weighted by Crippen LogP contribution is 1.92. The first kappa shape index (κ1) is 10.7. The molecule has 2 aromatic carbocycles. The topological polar surface area (TPSA) is 0 Å². The van der Waals surface area contributed by atoms with E-state index in [0.717, 1.165) is 0 Å². The van der Waals surface area contributed by atoms with Gasteiger partial charge in [-0.2, -0.15) is 0 Å². The molecule has 16 heavy (non-hydrogen) atoms. The Kier molecular flexibility index (Phi) is 3.21. The summed E-state index contributed by atoms with van der Waals surface area (Å²) >= 11 is 0. The standard InChI is InChI=1S/C16H16/c1-3-13-5-9-15(10-6-13)16-11-7-14(4-2)8-12-16/h3-12H,1-2H3. The van der Waals surface area contributed by atoms with Gasteiger partial charge in [0.05, 0.1) is 0 Å². The van der Waals surface area contributed by atoms with Crippen LogP contribution >= 0.6 is 0 Å². The van der Waals surface area contributed by atoms with Gasteiger partial charge in [-0.1, -0.05) is 60.7 Å². The van der Waals surface area contributed by atoms with Crippen LogP contribution in [0.3, 0.4) is 0 Å². The molecule has 0 spiro atoms. The van der Waals surface area contributed by atoms with E-state index < -0.39 is 0 Å². The Morgan fingerprint density at radius 1 is 0.562 bits per heavy atom. The van der Waals surface area contributed by atoms with E-state index in [9.17, 15) is 0 Å². The first-order chi connectivity index (χ1) is 7.83. The van der Waals surface area contributed by atoms with Crippen LogP contribution in [0, 0.1) is 10.4 Å². The van der Waals surface area contributed by atoms with Gasteiger partial charge < -0.3 is 0 Å². The molecule has 0 nitrogen and oxygen atoms in total. The predicted molar refractivity (Wildman–Crippen MR) is 70.1 cm³/mol. The van der Waals surface area contributed by atoms with E-state index in [0.29, 0.717) is 0 Å². The summed E-state index contributed by atoms with van der Waals surface area (Å²) in [5, 5.41) is 5.08. The van der Waals surface area contributed by atoms with E-state index in [1.165, 1.54) is 20.9 Å².